The second kappa shape index (κ2) is 9.53. The van der Waals surface area contributed by atoms with E-state index in [-0.39, 0.29) is 23.0 Å². The summed E-state index contributed by atoms with van der Waals surface area (Å²) in [4.78, 5) is 15.8. The minimum atomic E-state index is -4.68. The third-order valence-electron chi connectivity index (χ3n) is 5.16. The molecule has 0 unspecified atom stereocenters. The van der Waals surface area contributed by atoms with Crippen LogP contribution in [0.15, 0.2) is 53.4 Å². The van der Waals surface area contributed by atoms with Crippen LogP contribution in [0.3, 0.4) is 0 Å². The number of para-hydroxylation sites is 2. The summed E-state index contributed by atoms with van der Waals surface area (Å²) in [5.74, 6) is -3.58. The predicted molar refractivity (Wildman–Crippen MR) is 113 cm³/mol. The van der Waals surface area contributed by atoms with E-state index < -0.39 is 15.6 Å². The summed E-state index contributed by atoms with van der Waals surface area (Å²) in [7, 11) is -4.68. The Bertz CT molecular complexity index is 990. The Hall–Kier alpha value is -2.52. The van der Waals surface area contributed by atoms with Crippen molar-refractivity contribution in [1.29, 1.82) is 0 Å². The van der Waals surface area contributed by atoms with Crippen molar-refractivity contribution >= 4 is 27.1 Å². The van der Waals surface area contributed by atoms with Crippen LogP contribution in [0.25, 0.3) is 0 Å². The summed E-state index contributed by atoms with van der Waals surface area (Å²) in [6.45, 7) is 4.15. The van der Waals surface area contributed by atoms with Gasteiger partial charge in [-0.15, -0.1) is 0 Å². The lowest BCUT2D eigenvalue weighted by atomic mass is 10.1. The lowest BCUT2D eigenvalue weighted by molar-refractivity contribution is -0.117. The number of anilines is 2. The van der Waals surface area contributed by atoms with Gasteiger partial charge in [-0.3, -0.25) is 9.69 Å². The van der Waals surface area contributed by atoms with E-state index in [9.17, 15) is 22.0 Å². The van der Waals surface area contributed by atoms with Gasteiger partial charge in [-0.25, -0.2) is 8.42 Å². The van der Waals surface area contributed by atoms with Gasteiger partial charge in [0.15, 0.2) is 0 Å². The smallest absolute Gasteiger partial charge is 0.341 e. The Morgan fingerprint density at radius 1 is 1.03 bits per heavy atom. The molecule has 0 saturated carbocycles. The first-order chi connectivity index (χ1) is 14.3. The highest BCUT2D eigenvalue weighted by atomic mass is 32.2. The molecule has 1 fully saturated rings. The molecule has 1 aliphatic heterocycles. The largest absolute Gasteiger partial charge is 0.368 e. The van der Waals surface area contributed by atoms with Crippen LogP contribution in [0, 0.1) is 0 Å². The van der Waals surface area contributed by atoms with Crippen LogP contribution in [-0.2, 0) is 21.1 Å². The fraction of sp³-hybridized carbons (Fsp3) is 0.381. The fourth-order valence-electron chi connectivity index (χ4n) is 3.55. The maximum atomic E-state index is 13.0. The molecule has 0 radical (unpaired) electrons. The zero-order valence-corrected chi connectivity index (χ0v) is 17.5. The van der Waals surface area contributed by atoms with E-state index in [1.165, 1.54) is 12.1 Å². The van der Waals surface area contributed by atoms with Gasteiger partial charge in [0.2, 0.25) is 15.7 Å². The van der Waals surface area contributed by atoms with E-state index in [2.05, 4.69) is 5.32 Å². The molecule has 1 N–H and O–H groups in total. The summed E-state index contributed by atoms with van der Waals surface area (Å²) in [6, 6.07) is 13.5. The van der Waals surface area contributed by atoms with Gasteiger partial charge in [0, 0.05) is 31.9 Å². The van der Waals surface area contributed by atoms with Gasteiger partial charge in [-0.2, -0.15) is 8.78 Å². The SMILES string of the molecule is CCc1ccccc1NC(=O)CN1CCN(c2ccccc2S(=O)(=O)C(F)F)CC1. The molecule has 6 nitrogen and oxygen atoms in total. The van der Waals surface area contributed by atoms with E-state index in [1.54, 1.807) is 17.0 Å². The molecular weight excluding hydrogens is 412 g/mol. The average molecular weight is 438 g/mol. The van der Waals surface area contributed by atoms with Crippen LogP contribution in [0.2, 0.25) is 0 Å². The van der Waals surface area contributed by atoms with Gasteiger partial charge in [0.05, 0.1) is 17.1 Å². The van der Waals surface area contributed by atoms with Crippen LogP contribution in [0.4, 0.5) is 20.2 Å². The molecule has 0 atom stereocenters. The number of aryl methyl sites for hydroxylation is 1. The van der Waals surface area contributed by atoms with E-state index in [4.69, 9.17) is 0 Å². The van der Waals surface area contributed by atoms with Crippen LogP contribution >= 0.6 is 0 Å². The number of carbonyl (C=O) groups excluding carboxylic acids is 1. The number of hydrogen-bond acceptors (Lipinski definition) is 5. The summed E-state index contributed by atoms with van der Waals surface area (Å²) >= 11 is 0. The Labute approximate surface area is 175 Å². The molecule has 0 aromatic heterocycles. The van der Waals surface area contributed by atoms with Gasteiger partial charge < -0.3 is 10.2 Å². The van der Waals surface area contributed by atoms with Crippen molar-refractivity contribution in [3.63, 3.8) is 0 Å². The number of benzene rings is 2. The van der Waals surface area contributed by atoms with Crippen LogP contribution in [0.5, 0.6) is 0 Å². The lowest BCUT2D eigenvalue weighted by Crippen LogP contribution is -2.49. The molecule has 162 valence electrons. The number of nitrogens with one attached hydrogen (secondary N) is 1. The number of carbonyl (C=O) groups is 1. The zero-order chi connectivity index (χ0) is 21.7. The number of rotatable bonds is 7. The van der Waals surface area contributed by atoms with Gasteiger partial charge in [0.25, 0.3) is 0 Å². The van der Waals surface area contributed by atoms with Crippen molar-refractivity contribution in [3.05, 3.63) is 54.1 Å². The number of amides is 1. The maximum absolute atomic E-state index is 13.0. The highest BCUT2D eigenvalue weighted by molar-refractivity contribution is 7.91. The first-order valence-corrected chi connectivity index (χ1v) is 11.3. The number of piperazine rings is 1. The molecule has 3 rings (SSSR count). The van der Waals surface area contributed by atoms with E-state index in [0.29, 0.717) is 26.2 Å². The molecule has 0 bridgehead atoms. The number of halogens is 2. The lowest BCUT2D eigenvalue weighted by Gasteiger charge is -2.36. The monoisotopic (exact) mass is 437 g/mol. The second-order valence-corrected chi connectivity index (χ2v) is 8.98. The minimum absolute atomic E-state index is 0.120. The summed E-state index contributed by atoms with van der Waals surface area (Å²) in [5, 5.41) is 2.94. The van der Waals surface area contributed by atoms with Gasteiger partial charge in [-0.1, -0.05) is 37.3 Å². The summed E-state index contributed by atoms with van der Waals surface area (Å²) < 4.78 is 50.0. The Kier molecular flexibility index (Phi) is 7.04. The molecule has 0 aliphatic carbocycles. The molecular formula is C21H25F2N3O3S. The first kappa shape index (κ1) is 22.2. The Morgan fingerprint density at radius 2 is 1.67 bits per heavy atom. The number of sulfone groups is 1. The number of nitrogens with zero attached hydrogens (tertiary/aromatic N) is 2. The maximum Gasteiger partial charge on any atom is 0.341 e. The molecule has 1 saturated heterocycles. The zero-order valence-electron chi connectivity index (χ0n) is 16.7. The highest BCUT2D eigenvalue weighted by Crippen LogP contribution is 2.29. The van der Waals surface area contributed by atoms with Crippen molar-refractivity contribution < 1.29 is 22.0 Å². The summed E-state index contributed by atoms with van der Waals surface area (Å²) in [6.07, 6.45) is 0.816. The Morgan fingerprint density at radius 3 is 2.33 bits per heavy atom. The van der Waals surface area contributed by atoms with Crippen molar-refractivity contribution in [2.75, 3.05) is 42.9 Å². The molecule has 1 heterocycles. The summed E-state index contributed by atoms with van der Waals surface area (Å²) in [5.41, 5.74) is 2.14. The van der Waals surface area contributed by atoms with Gasteiger partial charge >= 0.3 is 5.76 Å². The first-order valence-electron chi connectivity index (χ1n) is 9.79. The number of alkyl halides is 2. The fourth-order valence-corrected chi connectivity index (χ4v) is 4.49. The molecule has 30 heavy (non-hydrogen) atoms. The second-order valence-electron chi connectivity index (χ2n) is 7.10. The molecule has 0 spiro atoms. The molecule has 1 amide bonds. The van der Waals surface area contributed by atoms with Gasteiger partial charge in [0.1, 0.15) is 0 Å². The van der Waals surface area contributed by atoms with Crippen molar-refractivity contribution in [3.8, 4) is 0 Å². The van der Waals surface area contributed by atoms with Crippen LogP contribution in [0.1, 0.15) is 12.5 Å². The Balaban J connectivity index is 1.61. The normalized spacial score (nSPS) is 15.4. The van der Waals surface area contributed by atoms with Crippen molar-refractivity contribution in [2.45, 2.75) is 24.0 Å². The van der Waals surface area contributed by atoms with Crippen LogP contribution < -0.4 is 10.2 Å². The molecule has 2 aromatic rings. The van der Waals surface area contributed by atoms with E-state index >= 15 is 0 Å². The molecule has 9 heteroatoms. The molecule has 1 aliphatic rings. The standard InChI is InChI=1S/C21H25F2N3O3S/c1-2-16-7-3-4-8-17(16)24-20(27)15-25-11-13-26(14-12-25)18-9-5-6-10-19(18)30(28,29)21(22)23/h3-10,21H,2,11-15H2,1H3,(H,24,27). The van der Waals surface area contributed by atoms with Gasteiger partial charge in [-0.05, 0) is 30.2 Å². The number of hydrogen-bond donors (Lipinski definition) is 1. The quantitative estimate of drug-likeness (QED) is 0.721. The highest BCUT2D eigenvalue weighted by Gasteiger charge is 2.31. The third-order valence-corrected chi connectivity index (χ3v) is 6.59. The van der Waals surface area contributed by atoms with E-state index in [0.717, 1.165) is 17.7 Å². The minimum Gasteiger partial charge on any atom is -0.368 e. The van der Waals surface area contributed by atoms with Crippen molar-refractivity contribution in [2.24, 2.45) is 0 Å². The van der Waals surface area contributed by atoms with Crippen molar-refractivity contribution in [1.82, 2.24) is 4.90 Å². The predicted octanol–water partition coefficient (Wildman–Crippen LogP) is 3.01. The van der Waals surface area contributed by atoms with E-state index in [1.807, 2.05) is 36.1 Å². The van der Waals surface area contributed by atoms with Crippen LogP contribution in [-0.4, -0.2) is 57.7 Å². The average Bonchev–Trinajstić information content (AvgIpc) is 2.74. The topological polar surface area (TPSA) is 69.7 Å². The molecule has 2 aromatic carbocycles. The third kappa shape index (κ3) is 4.96.